The number of rotatable bonds is 7. The van der Waals surface area contributed by atoms with Gasteiger partial charge in [0.05, 0.1) is 11.3 Å². The van der Waals surface area contributed by atoms with Crippen molar-refractivity contribution in [1.82, 2.24) is 25.0 Å². The number of aryl methyl sites for hydroxylation is 1. The number of carbonyl (C=O) groups is 2. The minimum Gasteiger partial charge on any atom is -0.441 e. The molecule has 0 unspecified atom stereocenters. The maximum atomic E-state index is 13.8. The molecule has 3 aliphatic rings. The fraction of sp³-hybridized carbons (Fsp3) is 0.391. The van der Waals surface area contributed by atoms with Gasteiger partial charge in [0, 0.05) is 25.2 Å². The third-order valence-corrected chi connectivity index (χ3v) is 7.16. The molecular weight excluding hydrogens is 498 g/mol. The summed E-state index contributed by atoms with van der Waals surface area (Å²) >= 11 is 12.4. The minimum atomic E-state index is -1.06. The number of ether oxygens (including phenoxy) is 1. The number of nitrogens with one attached hydrogen (secondary N) is 1. The zero-order chi connectivity index (χ0) is 25.0. The molecule has 0 aliphatic heterocycles. The Morgan fingerprint density at radius 3 is 2.63 bits per heavy atom. The molecule has 3 aromatic rings. The van der Waals surface area contributed by atoms with Crippen LogP contribution in [0.15, 0.2) is 30.5 Å². The number of anilines is 1. The quantitative estimate of drug-likeness (QED) is 0.331. The van der Waals surface area contributed by atoms with Gasteiger partial charge in [0.15, 0.2) is 17.3 Å². The van der Waals surface area contributed by atoms with Crippen molar-refractivity contribution < 1.29 is 18.7 Å². The second-order valence-electron chi connectivity index (χ2n) is 9.28. The monoisotopic (exact) mass is 518 g/mol. The number of nitrogens with zero attached hydrogens (tertiary/aromatic N) is 5. The van der Waals surface area contributed by atoms with Gasteiger partial charge in [-0.25, -0.2) is 23.8 Å². The summed E-state index contributed by atoms with van der Waals surface area (Å²) in [6, 6.07) is 6.55. The Morgan fingerprint density at radius 2 is 1.97 bits per heavy atom. The van der Waals surface area contributed by atoms with Gasteiger partial charge in [-0.1, -0.05) is 34.5 Å². The van der Waals surface area contributed by atoms with Gasteiger partial charge in [-0.2, -0.15) is 0 Å². The van der Waals surface area contributed by atoms with Crippen molar-refractivity contribution in [3.63, 3.8) is 0 Å². The first-order chi connectivity index (χ1) is 16.6. The van der Waals surface area contributed by atoms with E-state index in [1.165, 1.54) is 10.9 Å². The normalized spacial score (nSPS) is 23.1. The Hall–Kier alpha value is -3.11. The molecule has 1 N–H and O–H groups in total. The first-order valence-corrected chi connectivity index (χ1v) is 11.7. The second-order valence-corrected chi connectivity index (χ2v) is 10.00. The van der Waals surface area contributed by atoms with Gasteiger partial charge in [0.2, 0.25) is 0 Å². The summed E-state index contributed by atoms with van der Waals surface area (Å²) in [5, 5.41) is 10.9. The van der Waals surface area contributed by atoms with E-state index in [1.54, 1.807) is 38.2 Å². The highest BCUT2D eigenvalue weighted by Gasteiger charge is 2.69. The summed E-state index contributed by atoms with van der Waals surface area (Å²) in [5.41, 5.74) is 0.0932. The van der Waals surface area contributed by atoms with Crippen LogP contribution < -0.4 is 5.32 Å². The molecule has 12 heteroatoms. The average molecular weight is 519 g/mol. The zero-order valence-electron chi connectivity index (χ0n) is 18.9. The largest absolute Gasteiger partial charge is 0.441 e. The molecule has 9 nitrogen and oxygen atoms in total. The number of halogens is 3. The third-order valence-electron chi connectivity index (χ3n) is 6.56. The molecule has 1 amide bonds. The summed E-state index contributed by atoms with van der Waals surface area (Å²) in [7, 11) is 1.59. The Balaban J connectivity index is 1.30. The molecule has 0 radical (unpaired) electrons. The van der Waals surface area contributed by atoms with Crippen LogP contribution in [0.25, 0.3) is 11.4 Å². The van der Waals surface area contributed by atoms with Crippen LogP contribution in [0.2, 0.25) is 10.3 Å². The summed E-state index contributed by atoms with van der Waals surface area (Å²) in [5.74, 6) is 0.0594. The van der Waals surface area contributed by atoms with E-state index in [-0.39, 0.29) is 45.0 Å². The molecule has 3 aromatic heterocycles. The molecule has 35 heavy (non-hydrogen) atoms. The van der Waals surface area contributed by atoms with Crippen LogP contribution in [0.5, 0.6) is 0 Å². The van der Waals surface area contributed by atoms with Gasteiger partial charge in [-0.15, -0.1) is 5.10 Å². The number of Topliss-reactive ketones (excluding diaryl/α,β-unsaturated/α-hetero) is 1. The second kappa shape index (κ2) is 8.53. The third kappa shape index (κ3) is 4.36. The lowest BCUT2D eigenvalue weighted by atomic mass is 9.41. The lowest BCUT2D eigenvalue weighted by Crippen LogP contribution is -2.64. The predicted octanol–water partition coefficient (Wildman–Crippen LogP) is 5.35. The average Bonchev–Trinajstić information content (AvgIpc) is 3.11. The number of pyridine rings is 2. The molecule has 3 fully saturated rings. The minimum absolute atomic E-state index is 0.00748. The molecule has 0 spiro atoms. The maximum absolute atomic E-state index is 13.8. The summed E-state index contributed by atoms with van der Waals surface area (Å²) < 4.78 is 20.6. The molecular formula is C23H21Cl2FN6O3. The van der Waals surface area contributed by atoms with Gasteiger partial charge in [0.1, 0.15) is 22.1 Å². The van der Waals surface area contributed by atoms with Gasteiger partial charge in [-0.3, -0.25) is 10.1 Å². The molecule has 1 atom stereocenters. The predicted molar refractivity (Wildman–Crippen MR) is 126 cm³/mol. The molecule has 182 valence electrons. The maximum Gasteiger partial charge on any atom is 0.413 e. The van der Waals surface area contributed by atoms with Crippen molar-refractivity contribution in [2.45, 2.75) is 44.4 Å². The van der Waals surface area contributed by atoms with Gasteiger partial charge in [0.25, 0.3) is 0 Å². The van der Waals surface area contributed by atoms with Gasteiger partial charge < -0.3 is 4.74 Å². The van der Waals surface area contributed by atoms with E-state index in [0.29, 0.717) is 30.5 Å². The Morgan fingerprint density at radius 1 is 1.23 bits per heavy atom. The van der Waals surface area contributed by atoms with Crippen molar-refractivity contribution in [1.29, 1.82) is 0 Å². The lowest BCUT2D eigenvalue weighted by molar-refractivity contribution is -0.210. The molecule has 3 aliphatic carbocycles. The van der Waals surface area contributed by atoms with E-state index >= 15 is 0 Å². The number of amides is 1. The van der Waals surface area contributed by atoms with Crippen molar-refractivity contribution in [2.24, 2.45) is 12.5 Å². The number of alkyl halides is 1. The van der Waals surface area contributed by atoms with Crippen molar-refractivity contribution in [3.8, 4) is 11.4 Å². The van der Waals surface area contributed by atoms with E-state index in [9.17, 15) is 14.0 Å². The molecule has 6 rings (SSSR count). The van der Waals surface area contributed by atoms with Crippen LogP contribution in [0.3, 0.4) is 0 Å². The Labute approximate surface area is 210 Å². The van der Waals surface area contributed by atoms with Gasteiger partial charge >= 0.3 is 6.09 Å². The van der Waals surface area contributed by atoms with Crippen molar-refractivity contribution in [2.75, 3.05) is 5.32 Å². The highest BCUT2D eigenvalue weighted by atomic mass is 35.5. The highest BCUT2D eigenvalue weighted by molar-refractivity contribution is 6.33. The van der Waals surface area contributed by atoms with Crippen LogP contribution >= 0.6 is 23.2 Å². The fourth-order valence-electron chi connectivity index (χ4n) is 4.98. The van der Waals surface area contributed by atoms with E-state index < -0.39 is 17.9 Å². The molecule has 0 saturated heterocycles. The summed E-state index contributed by atoms with van der Waals surface area (Å²) in [6.45, 7) is 1.67. The summed E-state index contributed by atoms with van der Waals surface area (Å²) in [6.07, 6.45) is 1.68. The Kier molecular flexibility index (Phi) is 5.76. The molecule has 0 aromatic carbocycles. The number of ketones is 1. The molecule has 2 bridgehead atoms. The van der Waals surface area contributed by atoms with E-state index in [2.05, 4.69) is 25.6 Å². The van der Waals surface area contributed by atoms with Crippen LogP contribution in [0.1, 0.15) is 54.6 Å². The van der Waals surface area contributed by atoms with Crippen LogP contribution in [-0.4, -0.2) is 42.5 Å². The van der Waals surface area contributed by atoms with Crippen molar-refractivity contribution >= 4 is 40.9 Å². The van der Waals surface area contributed by atoms with Crippen LogP contribution in [0, 0.1) is 5.41 Å². The molecule has 3 saturated carbocycles. The SMILES string of the molecule is C[C@@H](OC(=O)Nc1c(-c2ccc(C(=O)CC34CC(F)(C3)C4)c(Cl)n2)nnn1C)c1cccnc1Cl. The number of hydrogen-bond donors (Lipinski definition) is 1. The first kappa shape index (κ1) is 23.6. The van der Waals surface area contributed by atoms with E-state index in [1.807, 2.05) is 0 Å². The van der Waals surface area contributed by atoms with E-state index in [0.717, 1.165) is 0 Å². The van der Waals surface area contributed by atoms with Gasteiger partial charge in [-0.05, 0) is 49.8 Å². The van der Waals surface area contributed by atoms with Crippen LogP contribution in [0.4, 0.5) is 15.0 Å². The van der Waals surface area contributed by atoms with Crippen molar-refractivity contribution in [3.05, 3.63) is 51.9 Å². The fourth-order valence-corrected chi connectivity index (χ4v) is 5.51. The Bertz CT molecular complexity index is 1330. The summed E-state index contributed by atoms with van der Waals surface area (Å²) in [4.78, 5) is 33.6. The first-order valence-electron chi connectivity index (χ1n) is 10.9. The standard InChI is InChI=1S/C23H21Cl2FN6O3/c1-12(13-4-3-7-27-18(13)24)35-21(34)29-20-17(30-31-32(20)2)15-6-5-14(19(25)28-15)16(33)8-22-9-23(26,10-22)11-22/h3-7,12H,8-11H2,1-2H3,(H,29,34)/t12-,22?,23?/m1/s1. The number of carbonyl (C=O) groups excluding carboxylic acids is 2. The highest BCUT2D eigenvalue weighted by Crippen LogP contribution is 2.71. The number of aromatic nitrogens is 5. The topological polar surface area (TPSA) is 112 Å². The van der Waals surface area contributed by atoms with Crippen LogP contribution in [-0.2, 0) is 11.8 Å². The van der Waals surface area contributed by atoms with E-state index in [4.69, 9.17) is 27.9 Å². The molecule has 3 heterocycles. The lowest BCUT2D eigenvalue weighted by Gasteiger charge is -2.65. The number of hydrogen-bond acceptors (Lipinski definition) is 7. The smallest absolute Gasteiger partial charge is 0.413 e. The zero-order valence-corrected chi connectivity index (χ0v) is 20.4.